The average molecular weight is 449 g/mol. The molecular weight excluding hydrogens is 416 g/mol. The molecule has 0 spiro atoms. The Morgan fingerprint density at radius 3 is 2.79 bits per heavy atom. The first-order valence-electron chi connectivity index (χ1n) is 12.0. The third-order valence-corrected chi connectivity index (χ3v) is 6.92. The Balaban J connectivity index is 1.31. The molecule has 6 heteroatoms. The molecule has 0 unspecified atom stereocenters. The van der Waals surface area contributed by atoms with E-state index in [0.29, 0.717) is 19.1 Å². The number of ether oxygens (including phenoxy) is 3. The molecule has 1 aliphatic carbocycles. The van der Waals surface area contributed by atoms with Gasteiger partial charge in [-0.2, -0.15) is 0 Å². The molecule has 2 aromatic carbocycles. The van der Waals surface area contributed by atoms with E-state index in [1.54, 1.807) is 7.11 Å². The van der Waals surface area contributed by atoms with Crippen LogP contribution in [0.3, 0.4) is 0 Å². The van der Waals surface area contributed by atoms with Gasteiger partial charge < -0.3 is 24.5 Å². The molecular formula is C27H32N2O4. The second-order valence-electron chi connectivity index (χ2n) is 9.14. The van der Waals surface area contributed by atoms with Crippen LogP contribution in [0.25, 0.3) is 10.9 Å². The summed E-state index contributed by atoms with van der Waals surface area (Å²) in [6.45, 7) is 1.19. The van der Waals surface area contributed by atoms with Crippen LogP contribution in [0.15, 0.2) is 48.7 Å². The summed E-state index contributed by atoms with van der Waals surface area (Å²) in [5.41, 5.74) is 3.44. The number of aromatic amines is 1. The predicted octanol–water partition coefficient (Wildman–Crippen LogP) is 5.08. The zero-order valence-corrected chi connectivity index (χ0v) is 19.1. The summed E-state index contributed by atoms with van der Waals surface area (Å²) >= 11 is 0. The Labute approximate surface area is 194 Å². The van der Waals surface area contributed by atoms with Gasteiger partial charge in [0.2, 0.25) is 5.91 Å². The Bertz CT molecular complexity index is 1090. The quantitative estimate of drug-likeness (QED) is 0.529. The maximum Gasteiger partial charge on any atom is 0.249 e. The molecule has 1 aliphatic heterocycles. The number of nitrogens with one attached hydrogen (secondary N) is 2. The van der Waals surface area contributed by atoms with Crippen LogP contribution in [0.1, 0.15) is 55.6 Å². The lowest BCUT2D eigenvalue weighted by Gasteiger charge is -2.30. The van der Waals surface area contributed by atoms with Crippen LogP contribution < -0.4 is 14.8 Å². The van der Waals surface area contributed by atoms with Gasteiger partial charge in [-0.3, -0.25) is 4.79 Å². The van der Waals surface area contributed by atoms with E-state index in [1.165, 1.54) is 5.56 Å². The Hall–Kier alpha value is -2.99. The molecule has 2 heterocycles. The van der Waals surface area contributed by atoms with E-state index < -0.39 is 0 Å². The summed E-state index contributed by atoms with van der Waals surface area (Å²) in [6, 6.07) is 14.4. The molecule has 5 rings (SSSR count). The van der Waals surface area contributed by atoms with Gasteiger partial charge in [-0.05, 0) is 55.2 Å². The first kappa shape index (κ1) is 21.8. The number of aromatic nitrogens is 1. The summed E-state index contributed by atoms with van der Waals surface area (Å²) in [5.74, 6) is 1.91. The van der Waals surface area contributed by atoms with Crippen LogP contribution >= 0.6 is 0 Å². The summed E-state index contributed by atoms with van der Waals surface area (Å²) < 4.78 is 17.3. The van der Waals surface area contributed by atoms with Crippen molar-refractivity contribution in [2.45, 2.75) is 63.2 Å². The Morgan fingerprint density at radius 2 is 2.00 bits per heavy atom. The minimum Gasteiger partial charge on any atom is -0.493 e. The van der Waals surface area contributed by atoms with Gasteiger partial charge in [0.05, 0.1) is 7.11 Å². The highest BCUT2D eigenvalue weighted by atomic mass is 16.5. The van der Waals surface area contributed by atoms with Crippen LogP contribution in [-0.4, -0.2) is 36.8 Å². The van der Waals surface area contributed by atoms with Gasteiger partial charge in [-0.1, -0.05) is 36.8 Å². The van der Waals surface area contributed by atoms with Crippen molar-refractivity contribution in [1.29, 1.82) is 0 Å². The van der Waals surface area contributed by atoms with E-state index in [0.717, 1.165) is 66.5 Å². The predicted molar refractivity (Wildman–Crippen MR) is 128 cm³/mol. The molecule has 3 atom stereocenters. The fraction of sp³-hybridized carbons (Fsp3) is 0.444. The number of methoxy groups -OCH3 is 1. The lowest BCUT2D eigenvalue weighted by Crippen LogP contribution is -2.43. The number of carbonyl (C=O) groups is 1. The van der Waals surface area contributed by atoms with E-state index >= 15 is 0 Å². The number of rotatable bonds is 7. The summed E-state index contributed by atoms with van der Waals surface area (Å²) in [6.07, 6.45) is 7.84. The normalized spacial score (nSPS) is 22.9. The highest BCUT2D eigenvalue weighted by molar-refractivity contribution is 5.87. The molecule has 2 fully saturated rings. The summed E-state index contributed by atoms with van der Waals surface area (Å²) in [7, 11) is 1.68. The van der Waals surface area contributed by atoms with E-state index in [4.69, 9.17) is 14.2 Å². The number of benzene rings is 2. The molecule has 1 aromatic heterocycles. The van der Waals surface area contributed by atoms with Gasteiger partial charge in [0.25, 0.3) is 0 Å². The van der Waals surface area contributed by atoms with E-state index in [1.807, 2.05) is 24.3 Å². The number of carbonyl (C=O) groups excluding carboxylic acids is 1. The van der Waals surface area contributed by atoms with Gasteiger partial charge >= 0.3 is 0 Å². The van der Waals surface area contributed by atoms with Crippen molar-refractivity contribution >= 4 is 16.8 Å². The van der Waals surface area contributed by atoms with Gasteiger partial charge in [-0.15, -0.1) is 0 Å². The standard InChI is InChI=1S/C27H32N2O4/c1-31-25-14-21-22(16-28-23(21)15-26(25)33-17-18-7-3-2-4-8-18)19-9-5-10-20(13-19)29-27(30)24-11-6-12-32-24/h2-4,7-8,14-16,19-20,24,28H,5-6,9-13,17H2,1H3,(H,29,30)/t19-,20+,24+/m1/s1. The first-order chi connectivity index (χ1) is 16.2. The van der Waals surface area contributed by atoms with Crippen molar-refractivity contribution in [2.75, 3.05) is 13.7 Å². The minimum absolute atomic E-state index is 0.0546. The van der Waals surface area contributed by atoms with Crippen molar-refractivity contribution in [2.24, 2.45) is 0 Å². The van der Waals surface area contributed by atoms with Crippen LogP contribution in [0, 0.1) is 0 Å². The van der Waals surface area contributed by atoms with E-state index in [-0.39, 0.29) is 18.1 Å². The topological polar surface area (TPSA) is 72.6 Å². The molecule has 2 aliphatic rings. The number of H-pyrrole nitrogens is 1. The van der Waals surface area contributed by atoms with Crippen LogP contribution in [0.4, 0.5) is 0 Å². The molecule has 174 valence electrons. The lowest BCUT2D eigenvalue weighted by atomic mass is 9.81. The van der Waals surface area contributed by atoms with Crippen molar-refractivity contribution in [1.82, 2.24) is 10.3 Å². The smallest absolute Gasteiger partial charge is 0.249 e. The number of amides is 1. The van der Waals surface area contributed by atoms with Crippen molar-refractivity contribution < 1.29 is 19.0 Å². The molecule has 3 aromatic rings. The number of hydrogen-bond acceptors (Lipinski definition) is 4. The van der Waals surface area contributed by atoms with Crippen molar-refractivity contribution in [3.63, 3.8) is 0 Å². The van der Waals surface area contributed by atoms with Gasteiger partial charge in [0, 0.05) is 35.8 Å². The molecule has 1 saturated heterocycles. The zero-order chi connectivity index (χ0) is 22.6. The van der Waals surface area contributed by atoms with Crippen LogP contribution in [0.5, 0.6) is 11.5 Å². The minimum atomic E-state index is -0.267. The fourth-order valence-corrected chi connectivity index (χ4v) is 5.18. The number of hydrogen-bond donors (Lipinski definition) is 2. The molecule has 6 nitrogen and oxygen atoms in total. The van der Waals surface area contributed by atoms with Crippen LogP contribution in [0.2, 0.25) is 0 Å². The Morgan fingerprint density at radius 1 is 1.12 bits per heavy atom. The molecule has 2 N–H and O–H groups in total. The van der Waals surface area contributed by atoms with E-state index in [9.17, 15) is 4.79 Å². The number of fused-ring (bicyclic) bond motifs is 1. The molecule has 1 amide bonds. The molecule has 0 bridgehead atoms. The molecule has 1 saturated carbocycles. The largest absolute Gasteiger partial charge is 0.493 e. The Kier molecular flexibility index (Phi) is 6.53. The maximum absolute atomic E-state index is 12.5. The van der Waals surface area contributed by atoms with E-state index in [2.05, 4.69) is 34.7 Å². The highest BCUT2D eigenvalue weighted by Gasteiger charge is 2.30. The maximum atomic E-state index is 12.5. The highest BCUT2D eigenvalue weighted by Crippen LogP contribution is 2.40. The monoisotopic (exact) mass is 448 g/mol. The second kappa shape index (κ2) is 9.87. The first-order valence-corrected chi connectivity index (χ1v) is 12.0. The van der Waals surface area contributed by atoms with Gasteiger partial charge in [0.1, 0.15) is 12.7 Å². The van der Waals surface area contributed by atoms with Crippen LogP contribution in [-0.2, 0) is 16.1 Å². The van der Waals surface area contributed by atoms with Crippen molar-refractivity contribution in [3.05, 3.63) is 59.8 Å². The van der Waals surface area contributed by atoms with Crippen molar-refractivity contribution in [3.8, 4) is 11.5 Å². The fourth-order valence-electron chi connectivity index (χ4n) is 5.18. The molecule has 33 heavy (non-hydrogen) atoms. The summed E-state index contributed by atoms with van der Waals surface area (Å²) in [5, 5.41) is 4.41. The zero-order valence-electron chi connectivity index (χ0n) is 19.1. The molecule has 0 radical (unpaired) electrons. The third kappa shape index (κ3) is 4.86. The lowest BCUT2D eigenvalue weighted by molar-refractivity contribution is -0.131. The van der Waals surface area contributed by atoms with Gasteiger partial charge in [0.15, 0.2) is 11.5 Å². The second-order valence-corrected chi connectivity index (χ2v) is 9.14. The third-order valence-electron chi connectivity index (χ3n) is 6.92. The summed E-state index contributed by atoms with van der Waals surface area (Å²) in [4.78, 5) is 16.0. The average Bonchev–Trinajstić information content (AvgIpc) is 3.53. The van der Waals surface area contributed by atoms with Gasteiger partial charge in [-0.25, -0.2) is 0 Å². The SMILES string of the molecule is COc1cc2c([C@@H]3CCC[C@H](NC(=O)[C@@H]4CCCO4)C3)c[nH]c2cc1OCc1ccccc1.